The fourth-order valence-corrected chi connectivity index (χ4v) is 3.11. The Morgan fingerprint density at radius 2 is 1.78 bits per heavy atom. The standard InChI is InChI=1S/C21H17Cl2NO3/c1-26-21(25)18-11-15(24)8-9-20(18)27-12-13-6-7-14(22)10-17(13)16-4-2-3-5-19(16)23/h2-11H,12,24H2,1H3. The zero-order valence-corrected chi connectivity index (χ0v) is 16.1. The van der Waals surface area contributed by atoms with Crippen molar-refractivity contribution in [1.82, 2.24) is 0 Å². The smallest absolute Gasteiger partial charge is 0.341 e. The quantitative estimate of drug-likeness (QED) is 0.445. The van der Waals surface area contributed by atoms with Gasteiger partial charge in [0.2, 0.25) is 0 Å². The SMILES string of the molecule is COC(=O)c1cc(N)ccc1OCc1ccc(Cl)cc1-c1ccccc1Cl. The second-order valence-electron chi connectivity index (χ2n) is 5.82. The van der Waals surface area contributed by atoms with Gasteiger partial charge in [0.1, 0.15) is 17.9 Å². The highest BCUT2D eigenvalue weighted by molar-refractivity contribution is 6.34. The highest BCUT2D eigenvalue weighted by atomic mass is 35.5. The summed E-state index contributed by atoms with van der Waals surface area (Å²) in [7, 11) is 1.31. The first-order valence-corrected chi connectivity index (χ1v) is 8.89. The van der Waals surface area contributed by atoms with Crippen LogP contribution >= 0.6 is 23.2 Å². The predicted octanol–water partition coefficient (Wildman–Crippen LogP) is 5.61. The fourth-order valence-electron chi connectivity index (χ4n) is 2.70. The third-order valence-corrected chi connectivity index (χ3v) is 4.59. The van der Waals surface area contributed by atoms with Gasteiger partial charge in [0, 0.05) is 21.3 Å². The van der Waals surface area contributed by atoms with Gasteiger partial charge < -0.3 is 15.2 Å². The monoisotopic (exact) mass is 401 g/mol. The number of benzene rings is 3. The molecule has 3 aromatic rings. The highest BCUT2D eigenvalue weighted by Crippen LogP contribution is 2.33. The van der Waals surface area contributed by atoms with Crippen LogP contribution < -0.4 is 10.5 Å². The molecule has 0 saturated heterocycles. The van der Waals surface area contributed by atoms with Gasteiger partial charge in [-0.05, 0) is 47.5 Å². The van der Waals surface area contributed by atoms with Crippen molar-refractivity contribution in [1.29, 1.82) is 0 Å². The molecule has 0 aliphatic carbocycles. The summed E-state index contributed by atoms with van der Waals surface area (Å²) in [5.41, 5.74) is 9.08. The molecule has 2 N–H and O–H groups in total. The molecule has 0 radical (unpaired) electrons. The topological polar surface area (TPSA) is 61.5 Å². The van der Waals surface area contributed by atoms with Crippen LogP contribution in [0.3, 0.4) is 0 Å². The molecule has 0 heterocycles. The lowest BCUT2D eigenvalue weighted by molar-refractivity contribution is 0.0595. The molecular formula is C21H17Cl2NO3. The molecule has 3 aromatic carbocycles. The van der Waals surface area contributed by atoms with Crippen LogP contribution in [0.25, 0.3) is 11.1 Å². The largest absolute Gasteiger partial charge is 0.488 e. The number of rotatable bonds is 5. The predicted molar refractivity (Wildman–Crippen MR) is 108 cm³/mol. The molecule has 0 unspecified atom stereocenters. The molecule has 0 fully saturated rings. The Bertz CT molecular complexity index is 989. The molecule has 0 aliphatic rings. The molecule has 0 bridgehead atoms. The number of nitrogens with two attached hydrogens (primary N) is 1. The zero-order valence-electron chi connectivity index (χ0n) is 14.5. The molecule has 138 valence electrons. The van der Waals surface area contributed by atoms with Crippen LogP contribution in [-0.4, -0.2) is 13.1 Å². The summed E-state index contributed by atoms with van der Waals surface area (Å²) >= 11 is 12.5. The van der Waals surface area contributed by atoms with Crippen LogP contribution in [0.4, 0.5) is 5.69 Å². The van der Waals surface area contributed by atoms with Gasteiger partial charge >= 0.3 is 5.97 Å². The number of esters is 1. The molecule has 0 aromatic heterocycles. The minimum Gasteiger partial charge on any atom is -0.488 e. The average molecular weight is 402 g/mol. The fraction of sp³-hybridized carbons (Fsp3) is 0.0952. The minimum absolute atomic E-state index is 0.214. The molecule has 27 heavy (non-hydrogen) atoms. The van der Waals surface area contributed by atoms with Gasteiger partial charge in [-0.15, -0.1) is 0 Å². The first kappa shape index (κ1) is 19.1. The zero-order chi connectivity index (χ0) is 19.4. The maximum absolute atomic E-state index is 12.0. The summed E-state index contributed by atoms with van der Waals surface area (Å²) in [4.78, 5) is 12.0. The van der Waals surface area contributed by atoms with E-state index in [1.54, 1.807) is 18.2 Å². The minimum atomic E-state index is -0.514. The number of nitrogen functional groups attached to an aromatic ring is 1. The van der Waals surface area contributed by atoms with E-state index < -0.39 is 5.97 Å². The number of hydrogen-bond donors (Lipinski definition) is 1. The lowest BCUT2D eigenvalue weighted by Crippen LogP contribution is -2.07. The van der Waals surface area contributed by atoms with E-state index in [1.165, 1.54) is 13.2 Å². The molecule has 0 atom stereocenters. The Labute approximate surface area is 167 Å². The first-order chi connectivity index (χ1) is 13.0. The molecule has 3 rings (SSSR count). The maximum atomic E-state index is 12.0. The molecule has 4 nitrogen and oxygen atoms in total. The van der Waals surface area contributed by atoms with E-state index in [4.69, 9.17) is 38.4 Å². The van der Waals surface area contributed by atoms with Gasteiger partial charge in [-0.1, -0.05) is 47.5 Å². The van der Waals surface area contributed by atoms with Crippen LogP contribution in [0.1, 0.15) is 15.9 Å². The number of ether oxygens (including phenoxy) is 2. The molecule has 6 heteroatoms. The van der Waals surface area contributed by atoms with E-state index in [0.29, 0.717) is 21.5 Å². The van der Waals surface area contributed by atoms with Gasteiger partial charge in [-0.3, -0.25) is 0 Å². The summed E-state index contributed by atoms with van der Waals surface area (Å²) in [6.45, 7) is 0.214. The number of halogens is 2. The van der Waals surface area contributed by atoms with Crippen molar-refractivity contribution in [3.05, 3.63) is 81.8 Å². The van der Waals surface area contributed by atoms with Crippen molar-refractivity contribution < 1.29 is 14.3 Å². The highest BCUT2D eigenvalue weighted by Gasteiger charge is 2.15. The summed E-state index contributed by atoms with van der Waals surface area (Å²) in [6.07, 6.45) is 0. The molecule has 0 spiro atoms. The van der Waals surface area contributed by atoms with E-state index in [0.717, 1.165) is 16.7 Å². The van der Waals surface area contributed by atoms with Crippen molar-refractivity contribution in [2.75, 3.05) is 12.8 Å². The Balaban J connectivity index is 1.94. The number of carbonyl (C=O) groups is 1. The van der Waals surface area contributed by atoms with Gasteiger partial charge in [0.15, 0.2) is 0 Å². The molecular weight excluding hydrogens is 385 g/mol. The lowest BCUT2D eigenvalue weighted by atomic mass is 10.00. The van der Waals surface area contributed by atoms with Crippen LogP contribution in [0.2, 0.25) is 10.0 Å². The summed E-state index contributed by atoms with van der Waals surface area (Å²) in [6, 6.07) is 17.8. The van der Waals surface area contributed by atoms with Gasteiger partial charge in [-0.2, -0.15) is 0 Å². The maximum Gasteiger partial charge on any atom is 0.341 e. The third kappa shape index (κ3) is 4.35. The van der Waals surface area contributed by atoms with Crippen LogP contribution in [0, 0.1) is 0 Å². The van der Waals surface area contributed by atoms with Gasteiger partial charge in [-0.25, -0.2) is 4.79 Å². The van der Waals surface area contributed by atoms with Crippen LogP contribution in [0.5, 0.6) is 5.75 Å². The lowest BCUT2D eigenvalue weighted by Gasteiger charge is -2.15. The van der Waals surface area contributed by atoms with Crippen molar-refractivity contribution in [3.63, 3.8) is 0 Å². The van der Waals surface area contributed by atoms with E-state index in [9.17, 15) is 4.79 Å². The third-order valence-electron chi connectivity index (χ3n) is 4.03. The molecule has 0 amide bonds. The van der Waals surface area contributed by atoms with Gasteiger partial charge in [0.05, 0.1) is 7.11 Å². The van der Waals surface area contributed by atoms with Crippen LogP contribution in [0.15, 0.2) is 60.7 Å². The van der Waals surface area contributed by atoms with E-state index >= 15 is 0 Å². The Kier molecular flexibility index (Phi) is 5.89. The summed E-state index contributed by atoms with van der Waals surface area (Å²) in [5.74, 6) is -0.129. The van der Waals surface area contributed by atoms with Crippen molar-refractivity contribution in [3.8, 4) is 16.9 Å². The van der Waals surface area contributed by atoms with Crippen LogP contribution in [-0.2, 0) is 11.3 Å². The summed E-state index contributed by atoms with van der Waals surface area (Å²) in [5, 5.41) is 1.21. The Morgan fingerprint density at radius 1 is 1.00 bits per heavy atom. The average Bonchev–Trinajstić information content (AvgIpc) is 2.67. The summed E-state index contributed by atoms with van der Waals surface area (Å²) < 4.78 is 10.7. The Hall–Kier alpha value is -2.69. The number of hydrogen-bond acceptors (Lipinski definition) is 4. The van der Waals surface area contributed by atoms with Crippen molar-refractivity contribution in [2.24, 2.45) is 0 Å². The second-order valence-corrected chi connectivity index (χ2v) is 6.66. The second kappa shape index (κ2) is 8.33. The van der Waals surface area contributed by atoms with E-state index in [1.807, 2.05) is 36.4 Å². The molecule has 0 aliphatic heterocycles. The first-order valence-electron chi connectivity index (χ1n) is 8.13. The number of methoxy groups -OCH3 is 1. The molecule has 0 saturated carbocycles. The Morgan fingerprint density at radius 3 is 2.52 bits per heavy atom. The number of carbonyl (C=O) groups excluding carboxylic acids is 1. The van der Waals surface area contributed by atoms with E-state index in [-0.39, 0.29) is 12.2 Å². The van der Waals surface area contributed by atoms with Crippen molar-refractivity contribution >= 4 is 34.9 Å². The number of anilines is 1. The van der Waals surface area contributed by atoms with E-state index in [2.05, 4.69) is 0 Å². The van der Waals surface area contributed by atoms with Gasteiger partial charge in [0.25, 0.3) is 0 Å². The normalized spacial score (nSPS) is 10.5. The van der Waals surface area contributed by atoms with Crippen molar-refractivity contribution in [2.45, 2.75) is 6.61 Å².